The summed E-state index contributed by atoms with van der Waals surface area (Å²) in [6.07, 6.45) is 1.81. The van der Waals surface area contributed by atoms with Crippen molar-refractivity contribution >= 4 is 39.7 Å². The first kappa shape index (κ1) is 13.7. The van der Waals surface area contributed by atoms with E-state index in [4.69, 9.17) is 23.2 Å². The fourth-order valence-corrected chi connectivity index (χ4v) is 3.11. The molecule has 0 bridgehead atoms. The molecule has 0 amide bonds. The molecule has 0 aliphatic heterocycles. The Morgan fingerprint density at radius 2 is 1.94 bits per heavy atom. The smallest absolute Gasteiger partial charge is 0.183 e. The summed E-state index contributed by atoms with van der Waals surface area (Å²) in [6.45, 7) is 5.22. The lowest BCUT2D eigenvalue weighted by Crippen LogP contribution is -2.07. The first-order valence-electron chi connectivity index (χ1n) is 5.72. The molecule has 0 radical (unpaired) electrons. The van der Waals surface area contributed by atoms with E-state index in [1.54, 1.807) is 17.5 Å². The van der Waals surface area contributed by atoms with Gasteiger partial charge in [0.15, 0.2) is 5.13 Å². The van der Waals surface area contributed by atoms with Gasteiger partial charge in [-0.3, -0.25) is 0 Å². The largest absolute Gasteiger partial charge is 0.361 e. The van der Waals surface area contributed by atoms with Gasteiger partial charge in [0.05, 0.1) is 14.9 Å². The molecule has 1 N–H and O–H groups in total. The Balaban J connectivity index is 2.24. The van der Waals surface area contributed by atoms with Crippen LogP contribution in [0.3, 0.4) is 0 Å². The summed E-state index contributed by atoms with van der Waals surface area (Å²) < 4.78 is 0. The Morgan fingerprint density at radius 1 is 1.28 bits per heavy atom. The molecule has 0 aliphatic carbocycles. The van der Waals surface area contributed by atoms with Gasteiger partial charge in [-0.1, -0.05) is 54.5 Å². The number of nitrogens with zero attached hydrogens (tertiary/aromatic N) is 1. The van der Waals surface area contributed by atoms with E-state index in [-0.39, 0.29) is 0 Å². The monoisotopic (exact) mass is 300 g/mol. The van der Waals surface area contributed by atoms with Crippen molar-refractivity contribution in [3.8, 4) is 10.4 Å². The van der Waals surface area contributed by atoms with Crippen LogP contribution in [0.4, 0.5) is 5.13 Å². The summed E-state index contributed by atoms with van der Waals surface area (Å²) >= 11 is 13.9. The summed E-state index contributed by atoms with van der Waals surface area (Å²) in [7, 11) is 0. The Hall–Kier alpha value is -0.770. The van der Waals surface area contributed by atoms with E-state index in [0.29, 0.717) is 16.0 Å². The molecule has 0 unspecified atom stereocenters. The van der Waals surface area contributed by atoms with E-state index in [0.717, 1.165) is 22.1 Å². The highest BCUT2D eigenvalue weighted by atomic mass is 35.5. The van der Waals surface area contributed by atoms with Gasteiger partial charge in [-0.2, -0.15) is 0 Å². The van der Waals surface area contributed by atoms with Crippen molar-refractivity contribution in [2.45, 2.75) is 13.8 Å². The van der Waals surface area contributed by atoms with Gasteiger partial charge < -0.3 is 5.32 Å². The number of rotatable bonds is 4. The van der Waals surface area contributed by atoms with Crippen LogP contribution in [0.2, 0.25) is 10.0 Å². The number of benzene rings is 1. The van der Waals surface area contributed by atoms with E-state index in [1.165, 1.54) is 0 Å². The minimum absolute atomic E-state index is 0.584. The number of hydrogen-bond donors (Lipinski definition) is 1. The third kappa shape index (κ3) is 3.16. The maximum atomic E-state index is 6.17. The third-order valence-electron chi connectivity index (χ3n) is 2.38. The normalized spacial score (nSPS) is 10.9. The molecule has 1 aromatic carbocycles. The first-order valence-corrected chi connectivity index (χ1v) is 7.29. The number of anilines is 1. The maximum absolute atomic E-state index is 6.17. The second kappa shape index (κ2) is 5.91. The standard InChI is InChI=1S/C13H14Cl2N2S/c1-8(2)6-16-13-17-7-11(18-13)12-9(14)4-3-5-10(12)15/h3-5,7-8H,6H2,1-2H3,(H,16,17). The van der Waals surface area contributed by atoms with E-state index in [9.17, 15) is 0 Å². The van der Waals surface area contributed by atoms with Gasteiger partial charge in [-0.25, -0.2) is 4.98 Å². The van der Waals surface area contributed by atoms with Crippen LogP contribution >= 0.6 is 34.5 Å². The lowest BCUT2D eigenvalue weighted by molar-refractivity contribution is 0.688. The van der Waals surface area contributed by atoms with E-state index in [2.05, 4.69) is 24.1 Å². The molecular formula is C13H14Cl2N2S. The topological polar surface area (TPSA) is 24.9 Å². The van der Waals surface area contributed by atoms with Crippen molar-refractivity contribution in [2.75, 3.05) is 11.9 Å². The number of halogens is 2. The number of thiazole rings is 1. The predicted octanol–water partition coefficient (Wildman–Crippen LogP) is 5.18. The van der Waals surface area contributed by atoms with Crippen molar-refractivity contribution in [2.24, 2.45) is 5.92 Å². The molecular weight excluding hydrogens is 287 g/mol. The van der Waals surface area contributed by atoms with Crippen LogP contribution in [-0.4, -0.2) is 11.5 Å². The predicted molar refractivity (Wildman–Crippen MR) is 80.9 cm³/mol. The molecule has 0 saturated carbocycles. The van der Waals surface area contributed by atoms with Crippen LogP contribution in [0.5, 0.6) is 0 Å². The van der Waals surface area contributed by atoms with Crippen LogP contribution in [0.1, 0.15) is 13.8 Å². The number of nitrogens with one attached hydrogen (secondary N) is 1. The van der Waals surface area contributed by atoms with Crippen LogP contribution in [-0.2, 0) is 0 Å². The molecule has 2 aromatic rings. The zero-order chi connectivity index (χ0) is 13.1. The van der Waals surface area contributed by atoms with Crippen LogP contribution in [0.25, 0.3) is 10.4 Å². The zero-order valence-electron chi connectivity index (χ0n) is 10.2. The minimum Gasteiger partial charge on any atom is -0.361 e. The average molecular weight is 301 g/mol. The molecule has 0 atom stereocenters. The molecule has 1 heterocycles. The lowest BCUT2D eigenvalue weighted by atomic mass is 10.2. The summed E-state index contributed by atoms with van der Waals surface area (Å²) in [6, 6.07) is 5.51. The van der Waals surface area contributed by atoms with Gasteiger partial charge in [-0.05, 0) is 18.1 Å². The molecule has 1 aromatic heterocycles. The molecule has 0 spiro atoms. The van der Waals surface area contributed by atoms with E-state index < -0.39 is 0 Å². The Bertz CT molecular complexity index is 517. The van der Waals surface area contributed by atoms with Gasteiger partial charge >= 0.3 is 0 Å². The molecule has 2 rings (SSSR count). The summed E-state index contributed by atoms with van der Waals surface area (Å²) in [5, 5.41) is 5.50. The average Bonchev–Trinajstić information content (AvgIpc) is 2.75. The second-order valence-corrected chi connectivity index (χ2v) is 6.25. The van der Waals surface area contributed by atoms with Gasteiger partial charge in [0, 0.05) is 18.3 Å². The van der Waals surface area contributed by atoms with Crippen LogP contribution in [0.15, 0.2) is 24.4 Å². The van der Waals surface area contributed by atoms with Crippen LogP contribution in [0, 0.1) is 5.92 Å². The Kier molecular flexibility index (Phi) is 4.49. The summed E-state index contributed by atoms with van der Waals surface area (Å²) in [4.78, 5) is 5.32. The highest BCUT2D eigenvalue weighted by Crippen LogP contribution is 2.38. The molecule has 0 saturated heterocycles. The fraction of sp³-hybridized carbons (Fsp3) is 0.308. The molecule has 2 nitrogen and oxygen atoms in total. The molecule has 96 valence electrons. The first-order chi connectivity index (χ1) is 8.58. The second-order valence-electron chi connectivity index (χ2n) is 4.40. The van der Waals surface area contributed by atoms with Crippen molar-refractivity contribution in [1.29, 1.82) is 0 Å². The lowest BCUT2D eigenvalue weighted by Gasteiger charge is -2.05. The maximum Gasteiger partial charge on any atom is 0.183 e. The van der Waals surface area contributed by atoms with Gasteiger partial charge in [-0.15, -0.1) is 0 Å². The zero-order valence-corrected chi connectivity index (χ0v) is 12.5. The third-order valence-corrected chi connectivity index (χ3v) is 3.98. The molecule has 5 heteroatoms. The Morgan fingerprint density at radius 3 is 2.56 bits per heavy atom. The van der Waals surface area contributed by atoms with Crippen molar-refractivity contribution in [3.63, 3.8) is 0 Å². The SMILES string of the molecule is CC(C)CNc1ncc(-c2c(Cl)cccc2Cl)s1. The van der Waals surface area contributed by atoms with Crippen molar-refractivity contribution in [3.05, 3.63) is 34.4 Å². The van der Waals surface area contributed by atoms with Gasteiger partial charge in [0.2, 0.25) is 0 Å². The fourth-order valence-electron chi connectivity index (χ4n) is 1.50. The van der Waals surface area contributed by atoms with Crippen LogP contribution < -0.4 is 5.32 Å². The molecule has 0 aliphatic rings. The summed E-state index contributed by atoms with van der Waals surface area (Å²) in [5.74, 6) is 0.584. The quantitative estimate of drug-likeness (QED) is 0.841. The van der Waals surface area contributed by atoms with Crippen molar-refractivity contribution < 1.29 is 0 Å². The molecule has 0 fully saturated rings. The Labute approximate surface area is 121 Å². The highest BCUT2D eigenvalue weighted by molar-refractivity contribution is 7.19. The van der Waals surface area contributed by atoms with Gasteiger partial charge in [0.25, 0.3) is 0 Å². The van der Waals surface area contributed by atoms with Gasteiger partial charge in [0.1, 0.15) is 0 Å². The van der Waals surface area contributed by atoms with E-state index in [1.807, 2.05) is 18.2 Å². The summed E-state index contributed by atoms with van der Waals surface area (Å²) in [5.41, 5.74) is 0.857. The number of aromatic nitrogens is 1. The van der Waals surface area contributed by atoms with E-state index >= 15 is 0 Å². The molecule has 18 heavy (non-hydrogen) atoms. The van der Waals surface area contributed by atoms with Crippen molar-refractivity contribution in [1.82, 2.24) is 4.98 Å². The highest BCUT2D eigenvalue weighted by Gasteiger charge is 2.11. The number of hydrogen-bond acceptors (Lipinski definition) is 3. The minimum atomic E-state index is 0.584.